The van der Waals surface area contributed by atoms with E-state index in [1.54, 1.807) is 0 Å². The van der Waals surface area contributed by atoms with E-state index < -0.39 is 12.0 Å². The van der Waals surface area contributed by atoms with E-state index in [0.717, 1.165) is 31.2 Å². The summed E-state index contributed by atoms with van der Waals surface area (Å²) in [5.41, 5.74) is 0.749. The molecule has 1 aliphatic rings. The molecule has 1 saturated carbocycles. The van der Waals surface area contributed by atoms with Gasteiger partial charge in [-0.1, -0.05) is 37.3 Å². The van der Waals surface area contributed by atoms with Crippen molar-refractivity contribution in [2.24, 2.45) is 0 Å². The standard InChI is InChI=1S/C16H22N2O3/c1-2-16(9-6-10-16)18-15(21)17-13(14(19)20)11-12-7-4-3-5-8-12/h3-5,7-8,13H,2,6,9-11H2,1H3,(H,19,20)(H2,17,18,21)/t13-/m0/s1. The number of carbonyl (C=O) groups excluding carboxylic acids is 1. The molecule has 0 spiro atoms. The molecule has 5 nitrogen and oxygen atoms in total. The third kappa shape index (κ3) is 3.97. The highest BCUT2D eigenvalue weighted by Crippen LogP contribution is 2.34. The number of amides is 2. The van der Waals surface area contributed by atoms with E-state index in [1.807, 2.05) is 37.3 Å². The van der Waals surface area contributed by atoms with Crippen LogP contribution in [0.3, 0.4) is 0 Å². The van der Waals surface area contributed by atoms with Crippen molar-refractivity contribution in [3.05, 3.63) is 35.9 Å². The molecule has 1 aromatic carbocycles. The second kappa shape index (κ2) is 6.61. The molecule has 2 amide bonds. The van der Waals surface area contributed by atoms with Crippen LogP contribution in [-0.2, 0) is 11.2 Å². The molecular weight excluding hydrogens is 268 g/mol. The lowest BCUT2D eigenvalue weighted by atomic mass is 9.75. The molecule has 0 aliphatic heterocycles. The van der Waals surface area contributed by atoms with Crippen molar-refractivity contribution in [2.75, 3.05) is 0 Å². The fourth-order valence-corrected chi connectivity index (χ4v) is 2.66. The third-order valence-electron chi connectivity index (χ3n) is 4.25. The van der Waals surface area contributed by atoms with Gasteiger partial charge in [-0.2, -0.15) is 0 Å². The smallest absolute Gasteiger partial charge is 0.326 e. The monoisotopic (exact) mass is 290 g/mol. The Morgan fingerprint density at radius 3 is 2.43 bits per heavy atom. The van der Waals surface area contributed by atoms with Crippen LogP contribution >= 0.6 is 0 Å². The zero-order valence-corrected chi connectivity index (χ0v) is 12.3. The number of carboxylic acids is 1. The van der Waals surface area contributed by atoms with Gasteiger partial charge in [0.1, 0.15) is 6.04 Å². The van der Waals surface area contributed by atoms with Crippen molar-refractivity contribution in [3.8, 4) is 0 Å². The van der Waals surface area contributed by atoms with Gasteiger partial charge in [0, 0.05) is 12.0 Å². The topological polar surface area (TPSA) is 78.4 Å². The van der Waals surface area contributed by atoms with E-state index in [-0.39, 0.29) is 18.0 Å². The maximum Gasteiger partial charge on any atom is 0.326 e. The second-order valence-electron chi connectivity index (χ2n) is 5.67. The van der Waals surface area contributed by atoms with Crippen LogP contribution in [0.2, 0.25) is 0 Å². The van der Waals surface area contributed by atoms with E-state index in [4.69, 9.17) is 0 Å². The average Bonchev–Trinajstić information content (AvgIpc) is 2.43. The molecule has 1 atom stereocenters. The second-order valence-corrected chi connectivity index (χ2v) is 5.67. The molecule has 0 aromatic heterocycles. The number of hydrogen-bond donors (Lipinski definition) is 3. The lowest BCUT2D eigenvalue weighted by Crippen LogP contribution is -2.58. The lowest BCUT2D eigenvalue weighted by Gasteiger charge is -2.42. The molecule has 0 heterocycles. The molecule has 1 aromatic rings. The number of aliphatic carboxylic acids is 1. The average molecular weight is 290 g/mol. The van der Waals surface area contributed by atoms with Crippen molar-refractivity contribution in [3.63, 3.8) is 0 Å². The van der Waals surface area contributed by atoms with Crippen LogP contribution in [-0.4, -0.2) is 28.7 Å². The number of nitrogens with one attached hydrogen (secondary N) is 2. The van der Waals surface area contributed by atoms with Crippen LogP contribution in [0.1, 0.15) is 38.2 Å². The summed E-state index contributed by atoms with van der Waals surface area (Å²) in [6.07, 6.45) is 4.20. The molecule has 114 valence electrons. The molecule has 1 aliphatic carbocycles. The Kier molecular flexibility index (Phi) is 4.83. The van der Waals surface area contributed by atoms with Crippen molar-refractivity contribution < 1.29 is 14.7 Å². The summed E-state index contributed by atoms with van der Waals surface area (Å²) in [6.45, 7) is 2.04. The minimum Gasteiger partial charge on any atom is -0.480 e. The lowest BCUT2D eigenvalue weighted by molar-refractivity contribution is -0.139. The van der Waals surface area contributed by atoms with Gasteiger partial charge in [-0.25, -0.2) is 9.59 Å². The largest absolute Gasteiger partial charge is 0.480 e. The summed E-state index contributed by atoms with van der Waals surface area (Å²) >= 11 is 0. The number of rotatable bonds is 6. The van der Waals surface area contributed by atoms with Gasteiger partial charge in [-0.15, -0.1) is 0 Å². The van der Waals surface area contributed by atoms with E-state index in [1.165, 1.54) is 0 Å². The van der Waals surface area contributed by atoms with E-state index in [9.17, 15) is 14.7 Å². The molecule has 21 heavy (non-hydrogen) atoms. The molecule has 0 radical (unpaired) electrons. The highest BCUT2D eigenvalue weighted by Gasteiger charge is 2.37. The van der Waals surface area contributed by atoms with Crippen molar-refractivity contribution in [1.82, 2.24) is 10.6 Å². The van der Waals surface area contributed by atoms with Gasteiger partial charge in [0.25, 0.3) is 0 Å². The van der Waals surface area contributed by atoms with Gasteiger partial charge in [0.05, 0.1) is 0 Å². The maximum absolute atomic E-state index is 12.0. The first-order valence-corrected chi connectivity index (χ1v) is 7.40. The predicted molar refractivity (Wildman–Crippen MR) is 80.1 cm³/mol. The molecule has 5 heteroatoms. The van der Waals surface area contributed by atoms with Crippen molar-refractivity contribution in [1.29, 1.82) is 0 Å². The predicted octanol–water partition coefficient (Wildman–Crippen LogP) is 2.31. The molecule has 2 rings (SSSR count). The summed E-state index contributed by atoms with van der Waals surface area (Å²) in [4.78, 5) is 23.3. The third-order valence-corrected chi connectivity index (χ3v) is 4.25. The Labute approximate surface area is 124 Å². The highest BCUT2D eigenvalue weighted by molar-refractivity contribution is 5.83. The SMILES string of the molecule is CCC1(NC(=O)N[C@@H](Cc2ccccc2)C(=O)O)CCC1. The Morgan fingerprint density at radius 1 is 1.29 bits per heavy atom. The van der Waals surface area contributed by atoms with Crippen molar-refractivity contribution in [2.45, 2.75) is 50.6 Å². The van der Waals surface area contributed by atoms with Gasteiger partial charge in [0.15, 0.2) is 0 Å². The fourth-order valence-electron chi connectivity index (χ4n) is 2.66. The Bertz CT molecular complexity index is 492. The molecule has 0 saturated heterocycles. The minimum absolute atomic E-state index is 0.139. The van der Waals surface area contributed by atoms with Crippen LogP contribution in [0.25, 0.3) is 0 Å². The van der Waals surface area contributed by atoms with Gasteiger partial charge < -0.3 is 15.7 Å². The van der Waals surface area contributed by atoms with Gasteiger partial charge in [-0.05, 0) is 31.2 Å². The first-order valence-electron chi connectivity index (χ1n) is 7.40. The Balaban J connectivity index is 1.93. The molecule has 0 bridgehead atoms. The van der Waals surface area contributed by atoms with Gasteiger partial charge in [-0.3, -0.25) is 0 Å². The van der Waals surface area contributed by atoms with Gasteiger partial charge in [0.2, 0.25) is 0 Å². The normalized spacial score (nSPS) is 17.4. The van der Waals surface area contributed by atoms with Crippen LogP contribution < -0.4 is 10.6 Å². The zero-order valence-electron chi connectivity index (χ0n) is 12.3. The van der Waals surface area contributed by atoms with E-state index >= 15 is 0 Å². The first-order chi connectivity index (χ1) is 10.0. The van der Waals surface area contributed by atoms with Crippen LogP contribution in [0.4, 0.5) is 4.79 Å². The number of urea groups is 1. The number of carboxylic acid groups (broad SMARTS) is 1. The van der Waals surface area contributed by atoms with Crippen LogP contribution in [0.5, 0.6) is 0 Å². The van der Waals surface area contributed by atoms with Crippen molar-refractivity contribution >= 4 is 12.0 Å². The minimum atomic E-state index is -1.02. The molecule has 3 N–H and O–H groups in total. The Morgan fingerprint density at radius 2 is 1.95 bits per heavy atom. The quantitative estimate of drug-likeness (QED) is 0.752. The maximum atomic E-state index is 12.0. The number of benzene rings is 1. The Hall–Kier alpha value is -2.04. The zero-order chi connectivity index (χ0) is 15.3. The van der Waals surface area contributed by atoms with Crippen LogP contribution in [0.15, 0.2) is 30.3 Å². The first kappa shape index (κ1) is 15.4. The molecular formula is C16H22N2O3. The number of carbonyl (C=O) groups is 2. The summed E-state index contributed by atoms with van der Waals surface area (Å²) in [6, 6.07) is 8.00. The summed E-state index contributed by atoms with van der Waals surface area (Å²) in [7, 11) is 0. The molecule has 0 unspecified atom stereocenters. The molecule has 1 fully saturated rings. The highest BCUT2D eigenvalue weighted by atomic mass is 16.4. The summed E-state index contributed by atoms with van der Waals surface area (Å²) < 4.78 is 0. The van der Waals surface area contributed by atoms with Crippen LogP contribution in [0, 0.1) is 0 Å². The summed E-state index contributed by atoms with van der Waals surface area (Å²) in [5, 5.41) is 14.8. The van der Waals surface area contributed by atoms with E-state index in [2.05, 4.69) is 10.6 Å². The van der Waals surface area contributed by atoms with Gasteiger partial charge >= 0.3 is 12.0 Å². The fraction of sp³-hybridized carbons (Fsp3) is 0.500. The van der Waals surface area contributed by atoms with E-state index in [0.29, 0.717) is 0 Å². The number of hydrogen-bond acceptors (Lipinski definition) is 2. The summed E-state index contributed by atoms with van der Waals surface area (Å²) in [5.74, 6) is -1.02.